The normalized spacial score (nSPS) is 36.1. The number of aliphatic hydroxyl groups excluding tert-OH is 2. The van der Waals surface area contributed by atoms with Crippen LogP contribution in [0.3, 0.4) is 0 Å². The first-order chi connectivity index (χ1) is 22.0. The zero-order valence-corrected chi connectivity index (χ0v) is 35.8. The molecule has 4 aliphatic rings. The van der Waals surface area contributed by atoms with E-state index in [4.69, 9.17) is 14.2 Å². The molecule has 0 aromatic heterocycles. The molecule has 0 aromatic rings. The maximum atomic E-state index is 14.9. The van der Waals surface area contributed by atoms with Crippen LogP contribution in [0.15, 0.2) is 22.8 Å². The van der Waals surface area contributed by atoms with Crippen LogP contribution in [-0.2, 0) is 28.6 Å². The first-order valence-electron chi connectivity index (χ1n) is 17.4. The van der Waals surface area contributed by atoms with Gasteiger partial charge < -0.3 is 34.8 Å². The second-order valence-corrected chi connectivity index (χ2v) is 16.6. The summed E-state index contributed by atoms with van der Waals surface area (Å²) in [6.07, 6.45) is -2.52. The summed E-state index contributed by atoms with van der Waals surface area (Å²) in [5, 5.41) is 37.6. The molecule has 2 bridgehead atoms. The standard InChI is InChI=1S/C37H57NO10.Ac/c1-12-26(40)47-29-27-20(5)24(46-32(43)28(41)23(15-18(2)3)38-33(44)48-34(6,7)8)17-22(35(27,9)10)19(4)30-36(11,31(29)42)25(39)16-21-13-14-37(21,30)45;/h15,19,21-25,28-30,39,41,45H,12-14,16-17H2,1-11H3,(H,38,44);/t19-,21-,22?,23?,24?,25?,28?,29?,30?,36-,37?;/m1./s1. The molecule has 11 atom stereocenters. The van der Waals surface area contributed by atoms with Crippen LogP contribution in [0.1, 0.15) is 108 Å². The van der Waals surface area contributed by atoms with Crippen LogP contribution >= 0.6 is 0 Å². The molecule has 49 heavy (non-hydrogen) atoms. The summed E-state index contributed by atoms with van der Waals surface area (Å²) < 4.78 is 17.3. The van der Waals surface area contributed by atoms with Crippen LogP contribution in [0.25, 0.3) is 0 Å². The Balaban J connectivity index is 0.00000650. The van der Waals surface area contributed by atoms with E-state index in [0.29, 0.717) is 24.0 Å². The summed E-state index contributed by atoms with van der Waals surface area (Å²) in [4.78, 5) is 54.0. The average molecular weight is 903 g/mol. The van der Waals surface area contributed by atoms with E-state index in [-0.39, 0.29) is 74.7 Å². The Bertz CT molecular complexity index is 1380. The van der Waals surface area contributed by atoms with Crippen LogP contribution in [0.2, 0.25) is 0 Å². The number of rotatable bonds is 7. The number of aliphatic hydroxyl groups is 3. The van der Waals surface area contributed by atoms with Crippen LogP contribution in [0.5, 0.6) is 0 Å². The van der Waals surface area contributed by atoms with Crippen molar-refractivity contribution in [2.24, 2.45) is 34.5 Å². The number of hydrogen-bond donors (Lipinski definition) is 4. The van der Waals surface area contributed by atoms with E-state index in [2.05, 4.69) is 5.32 Å². The Labute approximate surface area is 326 Å². The number of allylic oxidation sites excluding steroid dienone is 1. The van der Waals surface area contributed by atoms with Crippen molar-refractivity contribution in [1.29, 1.82) is 0 Å². The summed E-state index contributed by atoms with van der Waals surface area (Å²) in [6, 6.07) is -1.15. The molecule has 1 radical (unpaired) electrons. The minimum absolute atomic E-state index is 0. The number of amides is 1. The molecule has 12 heteroatoms. The van der Waals surface area contributed by atoms with Crippen molar-refractivity contribution in [3.8, 4) is 0 Å². The Morgan fingerprint density at radius 2 is 1.71 bits per heavy atom. The van der Waals surface area contributed by atoms with E-state index in [1.165, 1.54) is 0 Å². The maximum Gasteiger partial charge on any atom is 0.408 e. The number of esters is 2. The third-order valence-electron chi connectivity index (χ3n) is 11.7. The number of carbonyl (C=O) groups excluding carboxylic acids is 4. The van der Waals surface area contributed by atoms with Crippen molar-refractivity contribution >= 4 is 23.8 Å². The maximum absolute atomic E-state index is 14.9. The van der Waals surface area contributed by atoms with Gasteiger partial charge in [0.15, 0.2) is 18.0 Å². The zero-order valence-electron chi connectivity index (χ0n) is 31.1. The van der Waals surface area contributed by atoms with Crippen molar-refractivity contribution in [2.75, 3.05) is 0 Å². The van der Waals surface area contributed by atoms with Gasteiger partial charge in [-0.2, -0.15) is 0 Å². The summed E-state index contributed by atoms with van der Waals surface area (Å²) in [7, 11) is 0. The van der Waals surface area contributed by atoms with Gasteiger partial charge in [0.25, 0.3) is 0 Å². The molecule has 11 nitrogen and oxygen atoms in total. The summed E-state index contributed by atoms with van der Waals surface area (Å²) >= 11 is 0. The number of nitrogens with one attached hydrogen (secondary N) is 1. The first kappa shape index (κ1) is 42.1. The van der Waals surface area contributed by atoms with Gasteiger partial charge >= 0.3 is 18.0 Å². The molecule has 3 fully saturated rings. The summed E-state index contributed by atoms with van der Waals surface area (Å²) in [5.74, 6) is -3.44. The monoisotopic (exact) mass is 902 g/mol. The van der Waals surface area contributed by atoms with Gasteiger partial charge in [0.05, 0.1) is 23.2 Å². The Kier molecular flexibility index (Phi) is 12.9. The van der Waals surface area contributed by atoms with Gasteiger partial charge in [0, 0.05) is 56.4 Å². The number of fused-ring (bicyclic) bond motifs is 5. The molecular formula is C37H57AcNO10. The van der Waals surface area contributed by atoms with Crippen molar-refractivity contribution in [1.82, 2.24) is 5.32 Å². The van der Waals surface area contributed by atoms with Gasteiger partial charge in [-0.25, -0.2) is 9.59 Å². The quantitative estimate of drug-likeness (QED) is 0.162. The van der Waals surface area contributed by atoms with Crippen molar-refractivity contribution in [2.45, 2.75) is 150 Å². The Morgan fingerprint density at radius 3 is 2.22 bits per heavy atom. The third kappa shape index (κ3) is 7.75. The van der Waals surface area contributed by atoms with E-state index >= 15 is 0 Å². The number of alkyl carbamates (subject to hydrolysis) is 1. The van der Waals surface area contributed by atoms with Gasteiger partial charge in [-0.1, -0.05) is 39.3 Å². The largest absolute Gasteiger partial charge is 0.456 e. The number of carbonyl (C=O) groups is 4. The molecule has 3 saturated carbocycles. The molecular weight excluding hydrogens is 845 g/mol. The Hall–Kier alpha value is -1.32. The first-order valence-corrected chi connectivity index (χ1v) is 17.4. The van der Waals surface area contributed by atoms with Gasteiger partial charge in [-0.15, -0.1) is 0 Å². The molecule has 0 aliphatic heterocycles. The van der Waals surface area contributed by atoms with E-state index in [9.17, 15) is 34.5 Å². The van der Waals surface area contributed by atoms with Crippen LogP contribution < -0.4 is 5.32 Å². The Morgan fingerprint density at radius 1 is 1.10 bits per heavy atom. The molecule has 0 spiro atoms. The molecule has 0 aromatic carbocycles. The fourth-order valence-electron chi connectivity index (χ4n) is 9.42. The van der Waals surface area contributed by atoms with Crippen LogP contribution in [-0.4, -0.2) is 80.8 Å². The van der Waals surface area contributed by atoms with Gasteiger partial charge in [-0.05, 0) is 108 Å². The average Bonchev–Trinajstić information content (AvgIpc) is 2.96. The predicted molar refractivity (Wildman–Crippen MR) is 177 cm³/mol. The molecule has 273 valence electrons. The smallest absolute Gasteiger partial charge is 0.408 e. The minimum atomic E-state index is -1.79. The third-order valence-corrected chi connectivity index (χ3v) is 11.7. The number of ketones is 1. The van der Waals surface area contributed by atoms with E-state index in [1.54, 1.807) is 61.5 Å². The zero-order chi connectivity index (χ0) is 36.3. The molecule has 4 rings (SSSR count). The van der Waals surface area contributed by atoms with E-state index in [1.807, 2.05) is 20.8 Å². The molecule has 1 amide bonds. The van der Waals surface area contributed by atoms with Crippen LogP contribution in [0.4, 0.5) is 4.79 Å². The minimum Gasteiger partial charge on any atom is -0.456 e. The van der Waals surface area contributed by atoms with Gasteiger partial charge in [0.1, 0.15) is 11.7 Å². The molecule has 0 heterocycles. The topological polar surface area (TPSA) is 169 Å². The van der Waals surface area contributed by atoms with E-state index < -0.39 is 82.2 Å². The molecule has 4 aliphatic carbocycles. The number of Topliss-reactive ketones (excluding diaryl/α,β-unsaturated/α-hetero) is 1. The van der Waals surface area contributed by atoms with Crippen molar-refractivity contribution in [3.05, 3.63) is 22.8 Å². The fraction of sp³-hybridized carbons (Fsp3) is 0.784. The molecule has 4 N–H and O–H groups in total. The van der Waals surface area contributed by atoms with Gasteiger partial charge in [0.2, 0.25) is 0 Å². The van der Waals surface area contributed by atoms with Crippen molar-refractivity contribution in [3.63, 3.8) is 0 Å². The predicted octanol–water partition coefficient (Wildman–Crippen LogP) is 4.55. The second kappa shape index (κ2) is 15.0. The number of hydrogen-bond acceptors (Lipinski definition) is 10. The fourth-order valence-corrected chi connectivity index (χ4v) is 9.42. The van der Waals surface area contributed by atoms with E-state index in [0.717, 1.165) is 12.0 Å². The second-order valence-electron chi connectivity index (χ2n) is 16.6. The molecule has 0 saturated heterocycles. The molecule has 8 unspecified atom stereocenters. The summed E-state index contributed by atoms with van der Waals surface area (Å²) in [5.41, 5.74) is -2.35. The van der Waals surface area contributed by atoms with Crippen LogP contribution in [0, 0.1) is 78.6 Å². The number of ether oxygens (including phenoxy) is 3. The summed E-state index contributed by atoms with van der Waals surface area (Å²) in [6.45, 7) is 19.7. The SMILES string of the molecule is CCC(=O)OC1C(=O)[C@]2(C)C(O)C[C@H]3CCC3(O)C2[C@H](C)C2CC(OC(=O)C(O)C(C=C(C)C)NC(=O)OC(C)(C)C)C(C)=C1C2(C)C.[Ac]. The van der Waals surface area contributed by atoms with Crippen molar-refractivity contribution < 1.29 is 92.8 Å². The van der Waals surface area contributed by atoms with Gasteiger partial charge in [-0.3, -0.25) is 9.59 Å².